The maximum Gasteiger partial charge on any atom is 0.293 e. The number of hydrogen-bond acceptors (Lipinski definition) is 4. The van der Waals surface area contributed by atoms with Crippen molar-refractivity contribution in [3.63, 3.8) is 0 Å². The lowest BCUT2D eigenvalue weighted by Crippen LogP contribution is -2.35. The molecule has 1 unspecified atom stereocenters. The Labute approximate surface area is 139 Å². The van der Waals surface area contributed by atoms with Gasteiger partial charge in [0.05, 0.1) is 4.92 Å². The number of nitrogens with zero attached hydrogens (tertiary/aromatic N) is 2. The second kappa shape index (κ2) is 7.93. The summed E-state index contributed by atoms with van der Waals surface area (Å²) in [5, 5.41) is 14.3. The Morgan fingerprint density at radius 2 is 2.10 bits per heavy atom. The summed E-state index contributed by atoms with van der Waals surface area (Å²) >= 11 is 2.09. The summed E-state index contributed by atoms with van der Waals surface area (Å²) in [6.07, 6.45) is 3.93. The number of benzene rings is 1. The van der Waals surface area contributed by atoms with Crippen LogP contribution < -0.4 is 5.32 Å². The number of hydrogen-bond donors (Lipinski definition) is 1. The highest BCUT2D eigenvalue weighted by molar-refractivity contribution is 14.1. The Morgan fingerprint density at radius 3 is 2.76 bits per heavy atom. The van der Waals surface area contributed by atoms with Crippen LogP contribution in [0.4, 0.5) is 11.4 Å². The topological polar surface area (TPSA) is 58.4 Å². The van der Waals surface area contributed by atoms with E-state index in [4.69, 9.17) is 0 Å². The lowest BCUT2D eigenvalue weighted by Gasteiger charge is -2.29. The Kier molecular flexibility index (Phi) is 6.22. The predicted octanol–water partition coefficient (Wildman–Crippen LogP) is 3.73. The monoisotopic (exact) mass is 403 g/mol. The molecule has 1 atom stereocenters. The molecule has 1 saturated heterocycles. The number of anilines is 1. The number of likely N-dealkylation sites (tertiary alicyclic amines) is 1. The van der Waals surface area contributed by atoms with Gasteiger partial charge in [-0.25, -0.2) is 0 Å². The Morgan fingerprint density at radius 1 is 1.38 bits per heavy atom. The zero-order chi connectivity index (χ0) is 15.2. The van der Waals surface area contributed by atoms with Crippen LogP contribution in [0.3, 0.4) is 0 Å². The molecule has 5 nitrogen and oxygen atoms in total. The molecule has 1 aliphatic heterocycles. The lowest BCUT2D eigenvalue weighted by atomic mass is 10.1. The molecule has 0 amide bonds. The Balaban J connectivity index is 1.88. The molecule has 0 radical (unpaired) electrons. The van der Waals surface area contributed by atoms with E-state index in [1.54, 1.807) is 12.1 Å². The molecular weight excluding hydrogens is 381 g/mol. The predicted molar refractivity (Wildman–Crippen MR) is 93.8 cm³/mol. The quantitative estimate of drug-likeness (QED) is 0.447. The molecule has 1 N–H and O–H groups in total. The van der Waals surface area contributed by atoms with E-state index < -0.39 is 0 Å². The smallest absolute Gasteiger partial charge is 0.293 e. The minimum Gasteiger partial charge on any atom is -0.379 e. The van der Waals surface area contributed by atoms with E-state index in [9.17, 15) is 10.1 Å². The van der Waals surface area contributed by atoms with Crippen LogP contribution in [-0.4, -0.2) is 36.0 Å². The van der Waals surface area contributed by atoms with Crippen LogP contribution in [-0.2, 0) is 0 Å². The molecule has 21 heavy (non-hydrogen) atoms. The third-order valence-corrected chi connectivity index (χ3v) is 4.49. The minimum absolute atomic E-state index is 0.159. The zero-order valence-electron chi connectivity index (χ0n) is 12.3. The Hall–Kier alpha value is -0.890. The van der Waals surface area contributed by atoms with Crippen molar-refractivity contribution in [2.24, 2.45) is 5.92 Å². The second-order valence-corrected chi connectivity index (χ2v) is 7.01. The van der Waals surface area contributed by atoms with Gasteiger partial charge >= 0.3 is 0 Å². The van der Waals surface area contributed by atoms with Gasteiger partial charge in [-0.15, -0.1) is 0 Å². The molecule has 1 heterocycles. The first-order valence-electron chi connectivity index (χ1n) is 7.46. The van der Waals surface area contributed by atoms with Gasteiger partial charge in [0.25, 0.3) is 5.69 Å². The fourth-order valence-electron chi connectivity index (χ4n) is 2.74. The number of piperidine rings is 1. The van der Waals surface area contributed by atoms with Crippen molar-refractivity contribution in [1.29, 1.82) is 0 Å². The number of rotatable bonds is 6. The molecule has 0 aromatic heterocycles. The first-order valence-corrected chi connectivity index (χ1v) is 8.54. The van der Waals surface area contributed by atoms with Gasteiger partial charge in [-0.3, -0.25) is 10.1 Å². The molecule has 116 valence electrons. The highest BCUT2D eigenvalue weighted by atomic mass is 127. The zero-order valence-corrected chi connectivity index (χ0v) is 14.5. The molecule has 1 aliphatic rings. The van der Waals surface area contributed by atoms with Gasteiger partial charge < -0.3 is 10.2 Å². The molecule has 1 aromatic carbocycles. The molecule has 1 aromatic rings. The third-order valence-electron chi connectivity index (χ3n) is 3.82. The summed E-state index contributed by atoms with van der Waals surface area (Å²) in [5.74, 6) is 0.474. The van der Waals surface area contributed by atoms with Gasteiger partial charge in [0.2, 0.25) is 0 Å². The summed E-state index contributed by atoms with van der Waals surface area (Å²) < 4.78 is 0.881. The number of nitro groups is 1. The van der Waals surface area contributed by atoms with Gasteiger partial charge in [0, 0.05) is 22.7 Å². The van der Waals surface area contributed by atoms with E-state index in [1.807, 2.05) is 6.07 Å². The fourth-order valence-corrected chi connectivity index (χ4v) is 3.21. The largest absolute Gasteiger partial charge is 0.379 e. The van der Waals surface area contributed by atoms with Crippen molar-refractivity contribution in [3.05, 3.63) is 31.9 Å². The van der Waals surface area contributed by atoms with Crippen molar-refractivity contribution in [1.82, 2.24) is 4.90 Å². The minimum atomic E-state index is -0.320. The summed E-state index contributed by atoms with van der Waals surface area (Å²) in [6.45, 7) is 6.39. The van der Waals surface area contributed by atoms with E-state index in [2.05, 4.69) is 39.7 Å². The van der Waals surface area contributed by atoms with Crippen LogP contribution in [0.1, 0.15) is 26.2 Å². The van der Waals surface area contributed by atoms with Crippen LogP contribution in [0.15, 0.2) is 18.2 Å². The third kappa shape index (κ3) is 5.10. The maximum atomic E-state index is 11.1. The molecule has 0 spiro atoms. The van der Waals surface area contributed by atoms with Crippen molar-refractivity contribution in [2.75, 3.05) is 31.5 Å². The molecule has 6 heteroatoms. The van der Waals surface area contributed by atoms with Crippen molar-refractivity contribution < 1.29 is 4.92 Å². The second-order valence-electron chi connectivity index (χ2n) is 5.77. The maximum absolute atomic E-state index is 11.1. The highest BCUT2D eigenvalue weighted by Crippen LogP contribution is 2.26. The summed E-state index contributed by atoms with van der Waals surface area (Å²) in [6, 6.07) is 5.30. The molecule has 1 fully saturated rings. The molecule has 0 bridgehead atoms. The standard InChI is InChI=1S/C15H22IN3O2/c1-12(11-18-7-3-2-4-8-18)10-17-14-6-5-13(16)9-15(14)19(20)21/h5-6,9,12,17H,2-4,7-8,10-11H2,1H3. The van der Waals surface area contributed by atoms with Crippen LogP contribution in [0, 0.1) is 19.6 Å². The van der Waals surface area contributed by atoms with E-state index in [0.29, 0.717) is 11.6 Å². The normalized spacial score (nSPS) is 17.4. The lowest BCUT2D eigenvalue weighted by molar-refractivity contribution is -0.384. The Bertz CT molecular complexity index is 490. The summed E-state index contributed by atoms with van der Waals surface area (Å²) in [7, 11) is 0. The SMILES string of the molecule is CC(CNc1ccc(I)cc1[N+](=O)[O-])CN1CCCCC1. The molecule has 2 rings (SSSR count). The van der Waals surface area contributed by atoms with E-state index in [0.717, 1.165) is 16.7 Å². The van der Waals surface area contributed by atoms with Gasteiger partial charge in [-0.2, -0.15) is 0 Å². The molecule has 0 saturated carbocycles. The van der Waals surface area contributed by atoms with Crippen molar-refractivity contribution in [3.8, 4) is 0 Å². The fraction of sp³-hybridized carbons (Fsp3) is 0.600. The number of nitro benzene ring substituents is 1. The molecule has 0 aliphatic carbocycles. The van der Waals surface area contributed by atoms with Crippen LogP contribution in [0.2, 0.25) is 0 Å². The average Bonchev–Trinajstić information content (AvgIpc) is 2.47. The first kappa shape index (κ1) is 16.5. The van der Waals surface area contributed by atoms with Crippen LogP contribution in [0.25, 0.3) is 0 Å². The van der Waals surface area contributed by atoms with E-state index >= 15 is 0 Å². The van der Waals surface area contributed by atoms with Gasteiger partial charge in [-0.1, -0.05) is 13.3 Å². The summed E-state index contributed by atoms with van der Waals surface area (Å²) in [5.41, 5.74) is 0.776. The summed E-state index contributed by atoms with van der Waals surface area (Å²) in [4.78, 5) is 13.3. The first-order chi connectivity index (χ1) is 10.1. The van der Waals surface area contributed by atoms with E-state index in [1.165, 1.54) is 32.4 Å². The van der Waals surface area contributed by atoms with Gasteiger partial charge in [-0.05, 0) is 66.6 Å². The molecular formula is C15H22IN3O2. The van der Waals surface area contributed by atoms with Crippen LogP contribution >= 0.6 is 22.6 Å². The number of nitrogens with one attached hydrogen (secondary N) is 1. The van der Waals surface area contributed by atoms with Gasteiger partial charge in [0.15, 0.2) is 0 Å². The van der Waals surface area contributed by atoms with Crippen LogP contribution in [0.5, 0.6) is 0 Å². The number of halogens is 1. The average molecular weight is 403 g/mol. The highest BCUT2D eigenvalue weighted by Gasteiger charge is 2.16. The van der Waals surface area contributed by atoms with Crippen molar-refractivity contribution in [2.45, 2.75) is 26.2 Å². The van der Waals surface area contributed by atoms with E-state index in [-0.39, 0.29) is 10.6 Å². The van der Waals surface area contributed by atoms with Gasteiger partial charge in [0.1, 0.15) is 5.69 Å². The van der Waals surface area contributed by atoms with Crippen molar-refractivity contribution >= 4 is 34.0 Å².